The monoisotopic (exact) mass is 390 g/mol. The second kappa shape index (κ2) is 8.37. The highest BCUT2D eigenvalue weighted by atomic mass is 35.5. The number of β-amino-alcohol motifs (C(OH)–C–C–N with tert-alkyl or cyclic N) is 1. The van der Waals surface area contributed by atoms with E-state index in [0.717, 1.165) is 5.56 Å². The number of nitrogens with zero attached hydrogens (tertiary/aromatic N) is 4. The van der Waals surface area contributed by atoms with Crippen molar-refractivity contribution in [2.45, 2.75) is 11.1 Å². The molecule has 1 aromatic carbocycles. The average molecular weight is 391 g/mol. The first-order chi connectivity index (χ1) is 12.5. The fourth-order valence-electron chi connectivity index (χ4n) is 2.54. The van der Waals surface area contributed by atoms with Crippen LogP contribution in [0.5, 0.6) is 0 Å². The molecule has 3 rings (SSSR count). The summed E-state index contributed by atoms with van der Waals surface area (Å²) < 4.78 is 0. The molecule has 2 aromatic rings. The zero-order chi connectivity index (χ0) is 18.5. The van der Waals surface area contributed by atoms with E-state index in [2.05, 4.69) is 21.8 Å². The summed E-state index contributed by atoms with van der Waals surface area (Å²) in [5.41, 5.74) is 1.46. The number of aliphatic hydroxyl groups excluding tert-OH is 1. The third-order valence-electron chi connectivity index (χ3n) is 3.93. The molecule has 1 fully saturated rings. The largest absolute Gasteiger partial charge is 0.372 e. The average Bonchev–Trinajstić information content (AvgIpc) is 2.67. The molecule has 0 radical (unpaired) electrons. The van der Waals surface area contributed by atoms with Crippen LogP contribution in [0.1, 0.15) is 16.0 Å². The molecule has 26 heavy (non-hydrogen) atoms. The number of hydrogen-bond acceptors (Lipinski definition) is 5. The van der Waals surface area contributed by atoms with Crippen molar-refractivity contribution < 1.29 is 9.90 Å². The summed E-state index contributed by atoms with van der Waals surface area (Å²) in [6.45, 7) is 1.01. The van der Waals surface area contributed by atoms with Gasteiger partial charge in [0.05, 0.1) is 6.54 Å². The molecular formula is C18H16Cl2N4O2. The van der Waals surface area contributed by atoms with Gasteiger partial charge in [-0.2, -0.15) is 0 Å². The number of hydrogen-bond donors (Lipinski definition) is 1. The number of aromatic nitrogens is 2. The van der Waals surface area contributed by atoms with E-state index in [1.165, 1.54) is 4.90 Å². The van der Waals surface area contributed by atoms with Gasteiger partial charge in [0.15, 0.2) is 0 Å². The van der Waals surface area contributed by atoms with Gasteiger partial charge in [0.25, 0.3) is 5.91 Å². The van der Waals surface area contributed by atoms with Gasteiger partial charge in [-0.05, 0) is 23.8 Å². The molecule has 8 heteroatoms. The van der Waals surface area contributed by atoms with E-state index in [-0.39, 0.29) is 12.5 Å². The lowest BCUT2D eigenvalue weighted by Gasteiger charge is -2.37. The molecule has 1 aromatic heterocycles. The molecule has 134 valence electrons. The molecule has 1 saturated heterocycles. The molecule has 2 heterocycles. The van der Waals surface area contributed by atoms with Crippen LogP contribution in [0, 0.1) is 11.8 Å². The zero-order valence-electron chi connectivity index (χ0n) is 13.7. The van der Waals surface area contributed by atoms with E-state index in [4.69, 9.17) is 23.2 Å². The Kier molecular flexibility index (Phi) is 5.94. The third kappa shape index (κ3) is 4.44. The van der Waals surface area contributed by atoms with Gasteiger partial charge in [0.2, 0.25) is 5.95 Å². The molecule has 1 amide bonds. The van der Waals surface area contributed by atoms with Crippen molar-refractivity contribution in [1.29, 1.82) is 0 Å². The highest BCUT2D eigenvalue weighted by molar-refractivity contribution is 6.44. The highest BCUT2D eigenvalue weighted by Crippen LogP contribution is 2.24. The lowest BCUT2D eigenvalue weighted by molar-refractivity contribution is -0.127. The summed E-state index contributed by atoms with van der Waals surface area (Å²) in [4.78, 5) is 23.1. The number of carbonyl (C=O) groups excluding carboxylic acids is 1. The Hall–Kier alpha value is -2.33. The number of piperazine rings is 1. The third-order valence-corrected chi connectivity index (χ3v) is 4.43. The van der Waals surface area contributed by atoms with E-state index >= 15 is 0 Å². The van der Waals surface area contributed by atoms with Gasteiger partial charge >= 0.3 is 0 Å². The van der Waals surface area contributed by atoms with Crippen LogP contribution in [0.25, 0.3) is 0 Å². The Bertz CT molecular complexity index is 819. The number of aliphatic hydroxyl groups is 1. The number of rotatable bonds is 2. The van der Waals surface area contributed by atoms with Crippen LogP contribution in [0.3, 0.4) is 0 Å². The van der Waals surface area contributed by atoms with Crippen molar-refractivity contribution >= 4 is 35.1 Å². The number of benzene rings is 1. The maximum Gasteiger partial charge on any atom is 0.299 e. The molecule has 1 unspecified atom stereocenters. The number of alkyl halides is 2. The van der Waals surface area contributed by atoms with Crippen molar-refractivity contribution in [3.8, 4) is 11.8 Å². The van der Waals surface area contributed by atoms with E-state index in [1.807, 2.05) is 0 Å². The Morgan fingerprint density at radius 1 is 1.19 bits per heavy atom. The van der Waals surface area contributed by atoms with Crippen LogP contribution in [0.4, 0.5) is 5.95 Å². The zero-order valence-corrected chi connectivity index (χ0v) is 15.2. The van der Waals surface area contributed by atoms with Gasteiger partial charge in [-0.25, -0.2) is 9.97 Å². The molecule has 0 bridgehead atoms. The summed E-state index contributed by atoms with van der Waals surface area (Å²) >= 11 is 11.6. The van der Waals surface area contributed by atoms with Crippen molar-refractivity contribution in [3.63, 3.8) is 0 Å². The molecule has 1 atom stereocenters. The van der Waals surface area contributed by atoms with Crippen molar-refractivity contribution in [2.75, 3.05) is 24.5 Å². The van der Waals surface area contributed by atoms with Gasteiger partial charge in [-0.1, -0.05) is 18.1 Å². The van der Waals surface area contributed by atoms with Crippen LogP contribution in [-0.2, 0) is 4.79 Å². The normalized spacial score (nSPS) is 17.0. The first-order valence-corrected chi connectivity index (χ1v) is 8.82. The van der Waals surface area contributed by atoms with Gasteiger partial charge in [0.1, 0.15) is 11.1 Å². The van der Waals surface area contributed by atoms with E-state index in [1.54, 1.807) is 47.6 Å². The topological polar surface area (TPSA) is 69.6 Å². The van der Waals surface area contributed by atoms with Crippen molar-refractivity contribution in [1.82, 2.24) is 14.9 Å². The Morgan fingerprint density at radius 2 is 1.88 bits per heavy atom. The minimum Gasteiger partial charge on any atom is -0.372 e. The molecule has 0 aliphatic carbocycles. The molecule has 1 aliphatic heterocycles. The molecule has 0 spiro atoms. The van der Waals surface area contributed by atoms with Crippen LogP contribution >= 0.6 is 23.2 Å². The quantitative estimate of drug-likeness (QED) is 0.626. The first kappa shape index (κ1) is 18.5. The molecule has 6 nitrogen and oxygen atoms in total. The Labute approximate surface area is 161 Å². The molecule has 1 aliphatic rings. The van der Waals surface area contributed by atoms with Gasteiger partial charge < -0.3 is 14.9 Å². The molecule has 1 N–H and O–H groups in total. The minimum absolute atomic E-state index is 0.144. The lowest BCUT2D eigenvalue weighted by atomic mass is 10.1. The molecular weight excluding hydrogens is 375 g/mol. The number of carbonyl (C=O) groups is 1. The second-order valence-electron chi connectivity index (χ2n) is 5.65. The van der Waals surface area contributed by atoms with Gasteiger partial charge in [-0.3, -0.25) is 4.79 Å². The summed E-state index contributed by atoms with van der Waals surface area (Å²) in [5, 5.41) is 10.3. The summed E-state index contributed by atoms with van der Waals surface area (Å²) in [5.74, 6) is 5.52. The minimum atomic E-state index is -0.874. The standard InChI is InChI=1S/C18H16Cl2N4O2/c19-17(20)14-5-2-13(3-6-14)4-7-15(25)23-10-11-24(16(26)12-23)18-21-8-1-9-22-18/h1-3,5-6,8-9,16-17,26H,10-12H2. The van der Waals surface area contributed by atoms with E-state index in [9.17, 15) is 9.90 Å². The highest BCUT2D eigenvalue weighted by Gasteiger charge is 2.28. The maximum absolute atomic E-state index is 12.3. The number of halogens is 2. The predicted octanol–water partition coefficient (Wildman–Crippen LogP) is 1.97. The van der Waals surface area contributed by atoms with E-state index < -0.39 is 11.1 Å². The van der Waals surface area contributed by atoms with Gasteiger partial charge in [-0.15, -0.1) is 23.2 Å². The fourth-order valence-corrected chi connectivity index (χ4v) is 2.83. The Morgan fingerprint density at radius 3 is 2.50 bits per heavy atom. The van der Waals surface area contributed by atoms with Crippen molar-refractivity contribution in [3.05, 3.63) is 53.9 Å². The smallest absolute Gasteiger partial charge is 0.299 e. The predicted molar refractivity (Wildman–Crippen MR) is 99.7 cm³/mol. The SMILES string of the molecule is O=C(C#Cc1ccc(C(Cl)Cl)cc1)N1CCN(c2ncccn2)C(O)C1. The van der Waals surface area contributed by atoms with Crippen LogP contribution in [0.15, 0.2) is 42.7 Å². The summed E-state index contributed by atoms with van der Waals surface area (Å²) in [6.07, 6.45) is 2.35. The molecule has 0 saturated carbocycles. The first-order valence-electron chi connectivity index (χ1n) is 7.95. The van der Waals surface area contributed by atoms with Crippen LogP contribution in [-0.4, -0.2) is 51.7 Å². The summed E-state index contributed by atoms with van der Waals surface area (Å²) in [7, 11) is 0. The Balaban J connectivity index is 1.62. The van der Waals surface area contributed by atoms with Crippen LogP contribution < -0.4 is 4.90 Å². The second-order valence-corrected chi connectivity index (χ2v) is 6.74. The maximum atomic E-state index is 12.3. The fraction of sp³-hybridized carbons (Fsp3) is 0.278. The van der Waals surface area contributed by atoms with Gasteiger partial charge in [0, 0.05) is 37.0 Å². The lowest BCUT2D eigenvalue weighted by Crippen LogP contribution is -2.55. The number of anilines is 1. The summed E-state index contributed by atoms with van der Waals surface area (Å²) in [6, 6.07) is 8.75. The van der Waals surface area contributed by atoms with Crippen molar-refractivity contribution in [2.24, 2.45) is 0 Å². The number of amides is 1. The van der Waals surface area contributed by atoms with E-state index in [0.29, 0.717) is 24.6 Å². The van der Waals surface area contributed by atoms with Crippen LogP contribution in [0.2, 0.25) is 0 Å².